The molecule has 106 valence electrons. The van der Waals surface area contributed by atoms with Crippen molar-refractivity contribution in [1.82, 2.24) is 0 Å². The molecule has 0 saturated carbocycles. The van der Waals surface area contributed by atoms with Crippen molar-refractivity contribution in [2.24, 2.45) is 0 Å². The Morgan fingerprint density at radius 3 is 1.50 bits per heavy atom. The zero-order valence-corrected chi connectivity index (χ0v) is 8.55. The fourth-order valence-electron chi connectivity index (χ4n) is 0.791. The molecule has 0 aromatic carbocycles. The van der Waals surface area contributed by atoms with Gasteiger partial charge in [-0.3, -0.25) is 0 Å². The Hall–Kier alpha value is -1.35. The molecule has 0 heterocycles. The van der Waals surface area contributed by atoms with Gasteiger partial charge in [0.25, 0.3) is 0 Å². The van der Waals surface area contributed by atoms with Crippen molar-refractivity contribution in [3.63, 3.8) is 0 Å². The third-order valence-corrected chi connectivity index (χ3v) is 1.97. The maximum absolute atomic E-state index is 12.8. The normalized spacial score (nSPS) is 14.5. The average molecular weight is 285 g/mol. The number of hydrogen-bond acceptors (Lipinski definition) is 2. The Morgan fingerprint density at radius 2 is 1.28 bits per heavy atom. The number of rotatable bonds is 5. The highest BCUT2D eigenvalue weighted by Gasteiger charge is 2.79. The van der Waals surface area contributed by atoms with Crippen molar-refractivity contribution in [3.8, 4) is 0 Å². The van der Waals surface area contributed by atoms with Gasteiger partial charge in [-0.1, -0.05) is 6.58 Å². The molecule has 0 fully saturated rings. The second kappa shape index (κ2) is 4.09. The van der Waals surface area contributed by atoms with Gasteiger partial charge in [0.1, 0.15) is 0 Å². The molecular formula is C8H5F8O2-. The first-order valence-electron chi connectivity index (χ1n) is 4.02. The minimum atomic E-state index is -6.66. The monoisotopic (exact) mass is 285 g/mol. The van der Waals surface area contributed by atoms with Crippen molar-refractivity contribution in [2.75, 3.05) is 0 Å². The minimum Gasteiger partial charge on any atom is -0.545 e. The summed E-state index contributed by atoms with van der Waals surface area (Å²) in [5.74, 6) is -27.7. The van der Waals surface area contributed by atoms with Crippen LogP contribution in [-0.2, 0) is 4.79 Å². The highest BCUT2D eigenvalue weighted by molar-refractivity contribution is 5.86. The molecule has 0 aliphatic heterocycles. The van der Waals surface area contributed by atoms with E-state index in [1.165, 1.54) is 0 Å². The van der Waals surface area contributed by atoms with Gasteiger partial charge in [0.15, 0.2) is 0 Å². The fourth-order valence-corrected chi connectivity index (χ4v) is 0.791. The van der Waals surface area contributed by atoms with E-state index in [-0.39, 0.29) is 0 Å². The van der Waals surface area contributed by atoms with E-state index in [2.05, 4.69) is 0 Å². The topological polar surface area (TPSA) is 40.1 Å². The van der Waals surface area contributed by atoms with Crippen molar-refractivity contribution < 1.29 is 45.0 Å². The number of hydrogen-bond donors (Lipinski definition) is 0. The van der Waals surface area contributed by atoms with Gasteiger partial charge in [0.05, 0.1) is 5.97 Å². The van der Waals surface area contributed by atoms with E-state index in [1.54, 1.807) is 0 Å². The van der Waals surface area contributed by atoms with E-state index in [9.17, 15) is 45.0 Å². The standard InChI is InChI=1S/C8H6F8O2/c1-3(4(17)18)6(11,12)8(15,16)7(13,14)5(2,9)10/h1H2,2H3,(H,17,18)/p-1. The Kier molecular flexibility index (Phi) is 3.79. The smallest absolute Gasteiger partial charge is 0.382 e. The van der Waals surface area contributed by atoms with E-state index in [0.717, 1.165) is 0 Å². The summed E-state index contributed by atoms with van der Waals surface area (Å²) < 4.78 is 101. The molecule has 0 unspecified atom stereocenters. The molecule has 0 radical (unpaired) electrons. The summed E-state index contributed by atoms with van der Waals surface area (Å²) in [7, 11) is 0. The molecule has 0 rings (SSSR count). The Balaban J connectivity index is 5.79. The van der Waals surface area contributed by atoms with Crippen molar-refractivity contribution in [2.45, 2.75) is 30.6 Å². The van der Waals surface area contributed by atoms with E-state index in [4.69, 9.17) is 0 Å². The summed E-state index contributed by atoms with van der Waals surface area (Å²) in [6, 6.07) is 0. The lowest BCUT2D eigenvalue weighted by Gasteiger charge is -2.36. The van der Waals surface area contributed by atoms with Crippen molar-refractivity contribution in [1.29, 1.82) is 0 Å². The highest BCUT2D eigenvalue weighted by atomic mass is 19.4. The summed E-state index contributed by atoms with van der Waals surface area (Å²) in [4.78, 5) is 9.91. The molecule has 0 spiro atoms. The zero-order valence-electron chi connectivity index (χ0n) is 8.55. The number of aliphatic carboxylic acids is 1. The van der Waals surface area contributed by atoms with Gasteiger partial charge >= 0.3 is 23.7 Å². The van der Waals surface area contributed by atoms with Gasteiger partial charge in [-0.25, -0.2) is 0 Å². The third-order valence-electron chi connectivity index (χ3n) is 1.97. The maximum atomic E-state index is 12.8. The molecular weight excluding hydrogens is 280 g/mol. The first-order valence-corrected chi connectivity index (χ1v) is 4.02. The van der Waals surface area contributed by atoms with Gasteiger partial charge in [0, 0.05) is 12.5 Å². The summed E-state index contributed by atoms with van der Waals surface area (Å²) in [5.41, 5.74) is -2.73. The minimum absolute atomic E-state index is 0.710. The lowest BCUT2D eigenvalue weighted by molar-refractivity contribution is -0.357. The Morgan fingerprint density at radius 1 is 0.944 bits per heavy atom. The first kappa shape index (κ1) is 16.6. The fraction of sp³-hybridized carbons (Fsp3) is 0.625. The third kappa shape index (κ3) is 2.15. The molecule has 0 saturated heterocycles. The lowest BCUT2D eigenvalue weighted by Crippen LogP contribution is -2.62. The van der Waals surface area contributed by atoms with Crippen LogP contribution in [0.3, 0.4) is 0 Å². The summed E-state index contributed by atoms with van der Waals surface area (Å²) in [6.07, 6.45) is 0. The van der Waals surface area contributed by atoms with E-state index in [0.29, 0.717) is 0 Å². The van der Waals surface area contributed by atoms with Crippen LogP contribution in [0.4, 0.5) is 35.1 Å². The van der Waals surface area contributed by atoms with Crippen LogP contribution in [0.15, 0.2) is 12.2 Å². The van der Waals surface area contributed by atoms with Crippen LogP contribution in [0.5, 0.6) is 0 Å². The molecule has 0 bridgehead atoms. The van der Waals surface area contributed by atoms with Gasteiger partial charge in [-0.05, 0) is 0 Å². The zero-order chi connectivity index (χ0) is 15.2. The van der Waals surface area contributed by atoms with Gasteiger partial charge in [-0.15, -0.1) is 0 Å². The average Bonchev–Trinajstić information content (AvgIpc) is 2.13. The second-order valence-electron chi connectivity index (χ2n) is 3.38. The molecule has 0 N–H and O–H groups in total. The quantitative estimate of drug-likeness (QED) is 0.571. The van der Waals surface area contributed by atoms with Gasteiger partial charge in [0.2, 0.25) is 0 Å². The largest absolute Gasteiger partial charge is 0.545 e. The first-order chi connectivity index (χ1) is 7.60. The molecule has 0 atom stereocenters. The number of carboxylic acid groups (broad SMARTS) is 1. The number of alkyl halides is 8. The molecule has 0 aliphatic carbocycles. The number of carbonyl (C=O) groups is 1. The van der Waals surface area contributed by atoms with Crippen LogP contribution >= 0.6 is 0 Å². The molecule has 2 nitrogen and oxygen atoms in total. The van der Waals surface area contributed by atoms with Crippen molar-refractivity contribution in [3.05, 3.63) is 12.2 Å². The number of halogens is 8. The maximum Gasteiger partial charge on any atom is 0.382 e. The molecule has 0 aliphatic rings. The number of carboxylic acids is 1. The predicted octanol–water partition coefficient (Wildman–Crippen LogP) is 1.85. The second-order valence-corrected chi connectivity index (χ2v) is 3.38. The Labute approximate surface area is 94.9 Å². The highest BCUT2D eigenvalue weighted by Crippen LogP contribution is 2.54. The SMILES string of the molecule is C=C(C(=O)[O-])C(F)(F)C(F)(F)C(F)(F)C(C)(F)F. The van der Waals surface area contributed by atoms with Crippen LogP contribution < -0.4 is 5.11 Å². The molecule has 0 aromatic heterocycles. The van der Waals surface area contributed by atoms with Gasteiger partial charge in [-0.2, -0.15) is 35.1 Å². The number of carbonyl (C=O) groups excluding carboxylic acids is 1. The molecule has 18 heavy (non-hydrogen) atoms. The lowest BCUT2D eigenvalue weighted by atomic mass is 9.95. The van der Waals surface area contributed by atoms with Crippen LogP contribution in [0.1, 0.15) is 6.92 Å². The van der Waals surface area contributed by atoms with Crippen LogP contribution in [0.25, 0.3) is 0 Å². The molecule has 10 heteroatoms. The summed E-state index contributed by atoms with van der Waals surface area (Å²) in [6.45, 7) is 1.21. The van der Waals surface area contributed by atoms with Crippen LogP contribution in [-0.4, -0.2) is 29.7 Å². The Bertz CT molecular complexity index is 368. The molecule has 0 aromatic rings. The van der Waals surface area contributed by atoms with E-state index >= 15 is 0 Å². The van der Waals surface area contributed by atoms with Crippen LogP contribution in [0, 0.1) is 0 Å². The summed E-state index contributed by atoms with van der Waals surface area (Å²) >= 11 is 0. The van der Waals surface area contributed by atoms with Crippen molar-refractivity contribution >= 4 is 5.97 Å². The van der Waals surface area contributed by atoms with E-state index < -0.39 is 42.2 Å². The molecule has 0 amide bonds. The predicted molar refractivity (Wildman–Crippen MR) is 39.6 cm³/mol. The van der Waals surface area contributed by atoms with E-state index in [1.807, 2.05) is 6.58 Å². The summed E-state index contributed by atoms with van der Waals surface area (Å²) in [5, 5.41) is 9.91. The van der Waals surface area contributed by atoms with Gasteiger partial charge < -0.3 is 9.90 Å². The van der Waals surface area contributed by atoms with Crippen LogP contribution in [0.2, 0.25) is 0 Å².